The molecule has 0 unspecified atom stereocenters. The number of hydrogen-bond donors (Lipinski definition) is 2. The van der Waals surface area contributed by atoms with Gasteiger partial charge >= 0.3 is 0 Å². The van der Waals surface area contributed by atoms with Gasteiger partial charge in [0, 0.05) is 18.7 Å². The fourth-order valence-corrected chi connectivity index (χ4v) is 2.35. The minimum absolute atomic E-state index is 0. The standard InChI is InChI=1S/C18H18F4N2O.ClH/c19-13-3-1-11(2-4-13)7-18(25)24-6-5-14(23)8-12-9-16(21)17(22)10-15(12)20;/h1-4,9-10,14H,5-8,23H2,(H,24,25);1H/t14-;/m0./s1. The van der Waals surface area contributed by atoms with Crippen molar-refractivity contribution in [2.45, 2.75) is 25.3 Å². The van der Waals surface area contributed by atoms with Crippen molar-refractivity contribution in [1.82, 2.24) is 5.32 Å². The van der Waals surface area contributed by atoms with Crippen molar-refractivity contribution in [2.75, 3.05) is 6.54 Å². The molecule has 0 heterocycles. The van der Waals surface area contributed by atoms with Crippen molar-refractivity contribution in [3.05, 3.63) is 70.8 Å². The number of carbonyl (C=O) groups is 1. The molecule has 0 spiro atoms. The Bertz CT molecular complexity index is 741. The molecule has 0 bridgehead atoms. The Balaban J connectivity index is 0.00000338. The molecule has 26 heavy (non-hydrogen) atoms. The Kier molecular flexibility index (Phi) is 8.54. The molecule has 0 aliphatic carbocycles. The van der Waals surface area contributed by atoms with E-state index in [-0.39, 0.29) is 49.1 Å². The molecular formula is C18H19ClF4N2O. The first-order chi connectivity index (χ1) is 11.8. The largest absolute Gasteiger partial charge is 0.356 e. The lowest BCUT2D eigenvalue weighted by Gasteiger charge is -2.13. The van der Waals surface area contributed by atoms with Crippen molar-refractivity contribution in [2.24, 2.45) is 5.73 Å². The van der Waals surface area contributed by atoms with Crippen molar-refractivity contribution in [3.63, 3.8) is 0 Å². The predicted octanol–water partition coefficient (Wildman–Crippen LogP) is 3.28. The lowest BCUT2D eigenvalue weighted by Crippen LogP contribution is -2.32. The van der Waals surface area contributed by atoms with E-state index in [9.17, 15) is 22.4 Å². The van der Waals surface area contributed by atoms with Crippen molar-refractivity contribution < 1.29 is 22.4 Å². The van der Waals surface area contributed by atoms with Gasteiger partial charge in [0.1, 0.15) is 11.6 Å². The molecule has 3 N–H and O–H groups in total. The third-order valence-electron chi connectivity index (χ3n) is 3.69. The van der Waals surface area contributed by atoms with E-state index in [2.05, 4.69) is 5.32 Å². The van der Waals surface area contributed by atoms with Crippen LogP contribution in [0.15, 0.2) is 36.4 Å². The van der Waals surface area contributed by atoms with Gasteiger partial charge in [-0.1, -0.05) is 12.1 Å². The number of benzene rings is 2. The van der Waals surface area contributed by atoms with E-state index >= 15 is 0 Å². The van der Waals surface area contributed by atoms with Crippen LogP contribution in [0.2, 0.25) is 0 Å². The number of nitrogens with two attached hydrogens (primary N) is 1. The van der Waals surface area contributed by atoms with Gasteiger partial charge in [0.05, 0.1) is 6.42 Å². The average Bonchev–Trinajstić information content (AvgIpc) is 2.55. The highest BCUT2D eigenvalue weighted by atomic mass is 35.5. The Morgan fingerprint density at radius 1 is 1.00 bits per heavy atom. The molecule has 8 heteroatoms. The van der Waals surface area contributed by atoms with E-state index in [1.807, 2.05) is 0 Å². The molecule has 0 radical (unpaired) electrons. The third kappa shape index (κ3) is 6.65. The number of nitrogens with one attached hydrogen (secondary N) is 1. The summed E-state index contributed by atoms with van der Waals surface area (Å²) < 4.78 is 52.3. The number of carbonyl (C=O) groups excluding carboxylic acids is 1. The molecular weight excluding hydrogens is 372 g/mol. The zero-order valence-corrected chi connectivity index (χ0v) is 14.6. The third-order valence-corrected chi connectivity index (χ3v) is 3.69. The second-order valence-electron chi connectivity index (χ2n) is 5.76. The Morgan fingerprint density at radius 2 is 1.62 bits per heavy atom. The molecule has 142 valence electrons. The number of rotatable bonds is 7. The van der Waals surface area contributed by atoms with Crippen LogP contribution in [0.4, 0.5) is 17.6 Å². The summed E-state index contributed by atoms with van der Waals surface area (Å²) in [4.78, 5) is 11.8. The van der Waals surface area contributed by atoms with Gasteiger partial charge in [-0.15, -0.1) is 12.4 Å². The molecule has 3 nitrogen and oxygen atoms in total. The highest BCUT2D eigenvalue weighted by Crippen LogP contribution is 2.15. The van der Waals surface area contributed by atoms with Crippen LogP contribution in [-0.2, 0) is 17.6 Å². The lowest BCUT2D eigenvalue weighted by molar-refractivity contribution is -0.120. The maximum absolute atomic E-state index is 13.6. The second kappa shape index (κ2) is 10.1. The summed E-state index contributed by atoms with van der Waals surface area (Å²) in [5.74, 6) is -3.86. The van der Waals surface area contributed by atoms with Gasteiger partial charge < -0.3 is 11.1 Å². The van der Waals surface area contributed by atoms with Gasteiger partial charge in [0.15, 0.2) is 11.6 Å². The summed E-state index contributed by atoms with van der Waals surface area (Å²) in [6, 6.07) is 6.34. The summed E-state index contributed by atoms with van der Waals surface area (Å²) in [5.41, 5.74) is 6.51. The fraction of sp³-hybridized carbons (Fsp3) is 0.278. The monoisotopic (exact) mass is 390 g/mol. The van der Waals surface area contributed by atoms with E-state index in [0.717, 1.165) is 6.07 Å². The van der Waals surface area contributed by atoms with Crippen LogP contribution < -0.4 is 11.1 Å². The van der Waals surface area contributed by atoms with E-state index in [4.69, 9.17) is 5.73 Å². The fourth-order valence-electron chi connectivity index (χ4n) is 2.35. The van der Waals surface area contributed by atoms with Gasteiger partial charge in [-0.05, 0) is 42.2 Å². The predicted molar refractivity (Wildman–Crippen MR) is 93.0 cm³/mol. The van der Waals surface area contributed by atoms with Crippen molar-refractivity contribution in [1.29, 1.82) is 0 Å². The average molecular weight is 391 g/mol. The first kappa shape index (κ1) is 21.9. The highest BCUT2D eigenvalue weighted by Gasteiger charge is 2.13. The lowest BCUT2D eigenvalue weighted by atomic mass is 10.0. The van der Waals surface area contributed by atoms with Crippen LogP contribution in [0.3, 0.4) is 0 Å². The van der Waals surface area contributed by atoms with Crippen LogP contribution in [0.1, 0.15) is 17.5 Å². The Labute approximate surface area is 155 Å². The van der Waals surface area contributed by atoms with Crippen molar-refractivity contribution in [3.8, 4) is 0 Å². The maximum atomic E-state index is 13.6. The molecule has 0 saturated carbocycles. The quantitative estimate of drug-likeness (QED) is 0.563. The van der Waals surface area contributed by atoms with Gasteiger partial charge in [0.2, 0.25) is 5.91 Å². The minimum atomic E-state index is -1.25. The second-order valence-corrected chi connectivity index (χ2v) is 5.76. The van der Waals surface area contributed by atoms with E-state index in [1.54, 1.807) is 0 Å². The van der Waals surface area contributed by atoms with E-state index in [0.29, 0.717) is 18.1 Å². The topological polar surface area (TPSA) is 55.1 Å². The van der Waals surface area contributed by atoms with Crippen LogP contribution in [-0.4, -0.2) is 18.5 Å². The molecule has 1 atom stereocenters. The first-order valence-electron chi connectivity index (χ1n) is 7.75. The van der Waals surface area contributed by atoms with Crippen LogP contribution in [0, 0.1) is 23.3 Å². The zero-order chi connectivity index (χ0) is 18.4. The molecule has 0 saturated heterocycles. The molecule has 1 amide bonds. The van der Waals surface area contributed by atoms with E-state index < -0.39 is 23.5 Å². The molecule has 2 rings (SSSR count). The van der Waals surface area contributed by atoms with E-state index in [1.165, 1.54) is 24.3 Å². The number of halogens is 5. The molecule has 0 fully saturated rings. The summed E-state index contributed by atoms with van der Waals surface area (Å²) in [5, 5.41) is 2.66. The summed E-state index contributed by atoms with van der Waals surface area (Å²) in [6.45, 7) is 0.256. The minimum Gasteiger partial charge on any atom is -0.356 e. The van der Waals surface area contributed by atoms with Crippen LogP contribution in [0.5, 0.6) is 0 Å². The zero-order valence-electron chi connectivity index (χ0n) is 13.8. The van der Waals surface area contributed by atoms with Gasteiger partial charge in [0.25, 0.3) is 0 Å². The highest BCUT2D eigenvalue weighted by molar-refractivity contribution is 5.85. The Hall–Kier alpha value is -2.12. The Morgan fingerprint density at radius 3 is 2.27 bits per heavy atom. The molecule has 0 aliphatic rings. The molecule has 0 aliphatic heterocycles. The van der Waals surface area contributed by atoms with Crippen LogP contribution in [0.25, 0.3) is 0 Å². The molecule has 2 aromatic carbocycles. The molecule has 0 aromatic heterocycles. The van der Waals surface area contributed by atoms with Crippen molar-refractivity contribution >= 4 is 18.3 Å². The summed E-state index contributed by atoms with van der Waals surface area (Å²) in [7, 11) is 0. The van der Waals surface area contributed by atoms with Gasteiger partial charge in [-0.3, -0.25) is 4.79 Å². The number of amides is 1. The maximum Gasteiger partial charge on any atom is 0.224 e. The SMILES string of the molecule is Cl.N[C@@H](CCNC(=O)Cc1ccc(F)cc1)Cc1cc(F)c(F)cc1F. The summed E-state index contributed by atoms with van der Waals surface area (Å²) in [6.07, 6.45) is 0.470. The summed E-state index contributed by atoms with van der Waals surface area (Å²) >= 11 is 0. The molecule has 2 aromatic rings. The first-order valence-corrected chi connectivity index (χ1v) is 7.75. The van der Waals surface area contributed by atoms with Gasteiger partial charge in [-0.2, -0.15) is 0 Å². The number of hydrogen-bond acceptors (Lipinski definition) is 2. The smallest absolute Gasteiger partial charge is 0.224 e. The van der Waals surface area contributed by atoms with Gasteiger partial charge in [-0.25, -0.2) is 17.6 Å². The normalized spacial score (nSPS) is 11.6. The van der Waals surface area contributed by atoms with Crippen LogP contribution >= 0.6 is 12.4 Å².